The maximum Gasteiger partial charge on any atom is 0.425 e. The van der Waals surface area contributed by atoms with Crippen molar-refractivity contribution in [1.29, 1.82) is 0 Å². The summed E-state index contributed by atoms with van der Waals surface area (Å²) in [6.45, 7) is 0.850. The van der Waals surface area contributed by atoms with Gasteiger partial charge >= 0.3 is 6.18 Å². The van der Waals surface area contributed by atoms with E-state index >= 15 is 0 Å². The number of nitrogens with two attached hydrogens (primary N) is 1. The van der Waals surface area contributed by atoms with E-state index in [1.54, 1.807) is 0 Å². The van der Waals surface area contributed by atoms with Crippen molar-refractivity contribution in [3.05, 3.63) is 24.0 Å². The first-order valence-corrected chi connectivity index (χ1v) is 4.51. The lowest BCUT2D eigenvalue weighted by atomic mass is 10.2. The average Bonchev–Trinajstić information content (AvgIpc) is 2.27. The molecule has 0 spiro atoms. The first-order valence-electron chi connectivity index (χ1n) is 4.51. The lowest BCUT2D eigenvalue weighted by Gasteiger charge is -2.18. The number of nitrogens with zero attached hydrogens (tertiary/aromatic N) is 2. The van der Waals surface area contributed by atoms with Gasteiger partial charge in [-0.15, -0.1) is 0 Å². The van der Waals surface area contributed by atoms with Crippen LogP contribution in [0.2, 0.25) is 0 Å². The lowest BCUT2D eigenvalue weighted by Crippen LogP contribution is -2.32. The van der Waals surface area contributed by atoms with Gasteiger partial charge in [-0.2, -0.15) is 13.2 Å². The molecule has 0 saturated carbocycles. The van der Waals surface area contributed by atoms with E-state index in [0.29, 0.717) is 0 Å². The number of halogens is 3. The maximum atomic E-state index is 12.3. The molecule has 8 heteroatoms. The Morgan fingerprint density at radius 2 is 2.24 bits per heavy atom. The largest absolute Gasteiger partial charge is 0.479 e. The van der Waals surface area contributed by atoms with Crippen LogP contribution in [0.25, 0.3) is 0 Å². The Morgan fingerprint density at radius 3 is 2.76 bits per heavy atom. The zero-order valence-corrected chi connectivity index (χ0v) is 8.77. The summed E-state index contributed by atoms with van der Waals surface area (Å²) in [5.41, 5.74) is 5.33. The van der Waals surface area contributed by atoms with Crippen LogP contribution in [0.15, 0.2) is 23.6 Å². The molecule has 0 radical (unpaired) electrons. The highest BCUT2D eigenvalue weighted by molar-refractivity contribution is 5.99. The molecule has 0 bridgehead atoms. The van der Waals surface area contributed by atoms with Gasteiger partial charge in [0.2, 0.25) is 0 Å². The molecule has 17 heavy (non-hydrogen) atoms. The van der Waals surface area contributed by atoms with Crippen LogP contribution in [0.5, 0.6) is 5.75 Å². The van der Waals surface area contributed by atoms with Gasteiger partial charge in [-0.05, 0) is 13.0 Å². The summed E-state index contributed by atoms with van der Waals surface area (Å²) in [6, 6.07) is 1.29. The van der Waals surface area contributed by atoms with Crippen molar-refractivity contribution in [3.63, 3.8) is 0 Å². The fourth-order valence-corrected chi connectivity index (χ4v) is 0.997. The highest BCUT2D eigenvalue weighted by Gasteiger charge is 2.38. The number of alkyl halides is 3. The van der Waals surface area contributed by atoms with Crippen LogP contribution in [-0.4, -0.2) is 28.3 Å². The molecule has 1 atom stereocenters. The zero-order chi connectivity index (χ0) is 13.1. The van der Waals surface area contributed by atoms with E-state index in [0.717, 1.165) is 13.1 Å². The predicted molar refractivity (Wildman–Crippen MR) is 52.9 cm³/mol. The molecule has 0 saturated heterocycles. The normalized spacial score (nSPS) is 14.5. The molecule has 3 N–H and O–H groups in total. The van der Waals surface area contributed by atoms with Crippen molar-refractivity contribution >= 4 is 5.84 Å². The number of aromatic nitrogens is 1. The number of ether oxygens (including phenoxy) is 1. The summed E-state index contributed by atoms with van der Waals surface area (Å²) in [6.07, 6.45) is -4.16. The molecule has 1 aromatic rings. The highest BCUT2D eigenvalue weighted by Crippen LogP contribution is 2.26. The van der Waals surface area contributed by atoms with E-state index < -0.39 is 12.3 Å². The third kappa shape index (κ3) is 3.23. The fourth-order valence-electron chi connectivity index (χ4n) is 0.997. The molecule has 1 aromatic heterocycles. The number of hydrogen-bond donors (Lipinski definition) is 2. The summed E-state index contributed by atoms with van der Waals surface area (Å²) >= 11 is 0. The van der Waals surface area contributed by atoms with Crippen molar-refractivity contribution in [2.45, 2.75) is 19.2 Å². The van der Waals surface area contributed by atoms with E-state index in [4.69, 9.17) is 10.9 Å². The first-order chi connectivity index (χ1) is 7.86. The highest BCUT2D eigenvalue weighted by atomic mass is 19.4. The monoisotopic (exact) mass is 249 g/mol. The fraction of sp³-hybridized carbons (Fsp3) is 0.333. The van der Waals surface area contributed by atoms with Crippen LogP contribution in [0.3, 0.4) is 0 Å². The molecule has 1 rings (SSSR count). The van der Waals surface area contributed by atoms with Gasteiger partial charge in [0.1, 0.15) is 5.75 Å². The lowest BCUT2D eigenvalue weighted by molar-refractivity contribution is -0.189. The van der Waals surface area contributed by atoms with Crippen LogP contribution in [0, 0.1) is 0 Å². The van der Waals surface area contributed by atoms with Gasteiger partial charge in [0.05, 0.1) is 11.8 Å². The topological polar surface area (TPSA) is 80.7 Å². The summed E-state index contributed by atoms with van der Waals surface area (Å²) in [4.78, 5) is 3.61. The Kier molecular flexibility index (Phi) is 3.77. The van der Waals surface area contributed by atoms with Gasteiger partial charge in [-0.25, -0.2) is 0 Å². The van der Waals surface area contributed by atoms with Crippen molar-refractivity contribution < 1.29 is 23.1 Å². The average molecular weight is 249 g/mol. The van der Waals surface area contributed by atoms with Crippen molar-refractivity contribution in [3.8, 4) is 5.75 Å². The number of rotatable bonds is 3. The predicted octanol–water partition coefficient (Wildman–Crippen LogP) is 1.51. The Hall–Kier alpha value is -1.99. The van der Waals surface area contributed by atoms with Crippen LogP contribution in [0.4, 0.5) is 13.2 Å². The summed E-state index contributed by atoms with van der Waals surface area (Å²) in [5.74, 6) is -0.551. The second-order valence-electron chi connectivity index (χ2n) is 3.16. The Labute approximate surface area is 94.7 Å². The third-order valence-electron chi connectivity index (χ3n) is 1.93. The first kappa shape index (κ1) is 13.1. The molecule has 0 aromatic carbocycles. The minimum atomic E-state index is -4.50. The molecule has 5 nitrogen and oxygen atoms in total. The summed E-state index contributed by atoms with van der Waals surface area (Å²) in [5, 5.41) is 11.2. The SMILES string of the molecule is CC(Oc1cnccc1/C(N)=N/O)C(F)(F)F. The van der Waals surface area contributed by atoms with E-state index in [1.165, 1.54) is 12.3 Å². The van der Waals surface area contributed by atoms with Crippen LogP contribution < -0.4 is 10.5 Å². The van der Waals surface area contributed by atoms with Gasteiger partial charge in [-0.3, -0.25) is 4.98 Å². The molecule has 1 heterocycles. The van der Waals surface area contributed by atoms with Gasteiger partial charge in [0.25, 0.3) is 0 Å². The van der Waals surface area contributed by atoms with E-state index in [9.17, 15) is 13.2 Å². The molecule has 0 aliphatic rings. The zero-order valence-electron chi connectivity index (χ0n) is 8.77. The van der Waals surface area contributed by atoms with E-state index in [-0.39, 0.29) is 17.1 Å². The van der Waals surface area contributed by atoms with Crippen LogP contribution in [0.1, 0.15) is 12.5 Å². The molecule has 0 aliphatic heterocycles. The summed E-state index contributed by atoms with van der Waals surface area (Å²) in [7, 11) is 0. The van der Waals surface area contributed by atoms with E-state index in [1.807, 2.05) is 0 Å². The molecular formula is C9H10F3N3O2. The molecule has 0 fully saturated rings. The quantitative estimate of drug-likeness (QED) is 0.368. The minimum absolute atomic E-state index is 0.0404. The molecule has 94 valence electrons. The summed E-state index contributed by atoms with van der Waals surface area (Å²) < 4.78 is 41.6. The molecule has 1 unspecified atom stereocenters. The number of amidine groups is 1. The van der Waals surface area contributed by atoms with Crippen LogP contribution in [-0.2, 0) is 0 Å². The second-order valence-corrected chi connectivity index (χ2v) is 3.16. The second kappa shape index (κ2) is 4.89. The molecular weight excluding hydrogens is 239 g/mol. The Morgan fingerprint density at radius 1 is 1.59 bits per heavy atom. The van der Waals surface area contributed by atoms with Crippen LogP contribution >= 0.6 is 0 Å². The third-order valence-corrected chi connectivity index (χ3v) is 1.93. The standard InChI is InChI=1S/C9H10F3N3O2/c1-5(9(10,11)12)17-7-4-14-3-2-6(7)8(13)15-16/h2-5,16H,1H3,(H2,13,15). The molecule has 0 aliphatic carbocycles. The van der Waals surface area contributed by atoms with Gasteiger partial charge in [-0.1, -0.05) is 5.16 Å². The van der Waals surface area contributed by atoms with Crippen molar-refractivity contribution in [2.75, 3.05) is 0 Å². The Balaban J connectivity index is 2.99. The van der Waals surface area contributed by atoms with E-state index in [2.05, 4.69) is 14.9 Å². The van der Waals surface area contributed by atoms with Gasteiger partial charge < -0.3 is 15.7 Å². The minimum Gasteiger partial charge on any atom is -0.479 e. The number of hydrogen-bond acceptors (Lipinski definition) is 4. The Bertz CT molecular complexity index is 420. The number of pyridine rings is 1. The smallest absolute Gasteiger partial charge is 0.425 e. The van der Waals surface area contributed by atoms with Gasteiger partial charge in [0, 0.05) is 6.20 Å². The van der Waals surface area contributed by atoms with Gasteiger partial charge in [0.15, 0.2) is 11.9 Å². The molecule has 0 amide bonds. The maximum absolute atomic E-state index is 12.3. The van der Waals surface area contributed by atoms with Crippen molar-refractivity contribution in [2.24, 2.45) is 10.9 Å². The number of oxime groups is 1. The van der Waals surface area contributed by atoms with Crippen molar-refractivity contribution in [1.82, 2.24) is 4.98 Å².